The summed E-state index contributed by atoms with van der Waals surface area (Å²) in [5.41, 5.74) is 7.02. The van der Waals surface area contributed by atoms with E-state index in [1.807, 2.05) is 20.0 Å². The monoisotopic (exact) mass is 311 g/mol. The van der Waals surface area contributed by atoms with Gasteiger partial charge in [-0.2, -0.15) is 0 Å². The van der Waals surface area contributed by atoms with Crippen molar-refractivity contribution < 1.29 is 8.42 Å². The fourth-order valence-electron chi connectivity index (χ4n) is 1.77. The first-order valence-corrected chi connectivity index (χ1v) is 8.76. The van der Waals surface area contributed by atoms with Gasteiger partial charge in [-0.05, 0) is 32.0 Å². The summed E-state index contributed by atoms with van der Waals surface area (Å²) >= 11 is 1.62. The van der Waals surface area contributed by atoms with Crippen LogP contribution in [0.4, 0.5) is 11.4 Å². The van der Waals surface area contributed by atoms with Crippen molar-refractivity contribution in [2.24, 2.45) is 0 Å². The van der Waals surface area contributed by atoms with E-state index in [2.05, 4.69) is 10.3 Å². The van der Waals surface area contributed by atoms with Crippen molar-refractivity contribution in [3.63, 3.8) is 0 Å². The van der Waals surface area contributed by atoms with Gasteiger partial charge in [-0.15, -0.1) is 11.3 Å². The number of nitrogen functional groups attached to an aromatic ring is 1. The molecule has 0 fully saturated rings. The van der Waals surface area contributed by atoms with E-state index in [0.29, 0.717) is 11.4 Å². The second-order valence-electron chi connectivity index (χ2n) is 4.70. The zero-order chi connectivity index (χ0) is 14.9. The van der Waals surface area contributed by atoms with Crippen LogP contribution in [0.15, 0.2) is 29.3 Å². The maximum atomic E-state index is 11.5. The lowest BCUT2D eigenvalue weighted by Gasteiger charge is -2.15. The van der Waals surface area contributed by atoms with Crippen molar-refractivity contribution in [2.45, 2.75) is 24.8 Å². The van der Waals surface area contributed by atoms with Gasteiger partial charge in [-0.3, -0.25) is 0 Å². The molecule has 0 aliphatic rings. The van der Waals surface area contributed by atoms with Crippen LogP contribution >= 0.6 is 11.3 Å². The fourth-order valence-corrected chi connectivity index (χ4v) is 3.20. The van der Waals surface area contributed by atoms with Crippen LogP contribution in [-0.2, 0) is 9.84 Å². The van der Waals surface area contributed by atoms with Gasteiger partial charge in [-0.1, -0.05) is 0 Å². The van der Waals surface area contributed by atoms with Crippen LogP contribution in [0.2, 0.25) is 0 Å². The van der Waals surface area contributed by atoms with E-state index >= 15 is 0 Å². The quantitative estimate of drug-likeness (QED) is 0.848. The Morgan fingerprint density at radius 2 is 2.10 bits per heavy atom. The zero-order valence-corrected chi connectivity index (χ0v) is 13.2. The Morgan fingerprint density at radius 3 is 2.60 bits per heavy atom. The molecule has 1 unspecified atom stereocenters. The topological polar surface area (TPSA) is 85.1 Å². The molecule has 0 radical (unpaired) electrons. The van der Waals surface area contributed by atoms with E-state index in [9.17, 15) is 8.42 Å². The third-order valence-corrected chi connectivity index (χ3v) is 5.04. The van der Waals surface area contributed by atoms with E-state index < -0.39 is 9.84 Å². The largest absolute Gasteiger partial charge is 0.397 e. The molecule has 0 aliphatic heterocycles. The number of anilines is 2. The van der Waals surface area contributed by atoms with Crippen LogP contribution < -0.4 is 11.1 Å². The normalized spacial score (nSPS) is 13.2. The Morgan fingerprint density at radius 1 is 1.40 bits per heavy atom. The van der Waals surface area contributed by atoms with Gasteiger partial charge in [0.05, 0.1) is 22.3 Å². The van der Waals surface area contributed by atoms with Crippen LogP contribution in [0.1, 0.15) is 22.9 Å². The first-order chi connectivity index (χ1) is 9.27. The first-order valence-electron chi connectivity index (χ1n) is 6.06. The van der Waals surface area contributed by atoms with Crippen LogP contribution in [0.5, 0.6) is 0 Å². The summed E-state index contributed by atoms with van der Waals surface area (Å²) < 4.78 is 22.9. The van der Waals surface area contributed by atoms with Crippen molar-refractivity contribution in [1.82, 2.24) is 4.98 Å². The summed E-state index contributed by atoms with van der Waals surface area (Å²) in [6, 6.07) is 4.72. The number of aromatic nitrogens is 1. The molecule has 108 valence electrons. The Labute approximate surface area is 122 Å². The summed E-state index contributed by atoms with van der Waals surface area (Å²) in [4.78, 5) is 5.69. The molecule has 1 aromatic carbocycles. The molecule has 5 nitrogen and oxygen atoms in total. The van der Waals surface area contributed by atoms with Gasteiger partial charge in [0.15, 0.2) is 9.84 Å². The summed E-state index contributed by atoms with van der Waals surface area (Å²) in [5.74, 6) is 0. The summed E-state index contributed by atoms with van der Waals surface area (Å²) in [6.45, 7) is 3.99. The Balaban J connectivity index is 2.22. The predicted molar refractivity (Wildman–Crippen MR) is 82.9 cm³/mol. The van der Waals surface area contributed by atoms with Crippen LogP contribution in [0.3, 0.4) is 0 Å². The van der Waals surface area contributed by atoms with Gasteiger partial charge >= 0.3 is 0 Å². The number of nitrogens with two attached hydrogens (primary N) is 1. The number of nitrogens with one attached hydrogen (secondary N) is 1. The molecule has 0 bridgehead atoms. The highest BCUT2D eigenvalue weighted by atomic mass is 32.2. The smallest absolute Gasteiger partial charge is 0.175 e. The molecule has 3 N–H and O–H groups in total. The molecular weight excluding hydrogens is 294 g/mol. The Bertz CT molecular complexity index is 723. The average molecular weight is 311 g/mol. The lowest BCUT2D eigenvalue weighted by Crippen LogP contribution is -2.09. The van der Waals surface area contributed by atoms with Crippen molar-refractivity contribution in [3.8, 4) is 0 Å². The number of hydrogen-bond donors (Lipinski definition) is 2. The van der Waals surface area contributed by atoms with Gasteiger partial charge in [0.25, 0.3) is 0 Å². The van der Waals surface area contributed by atoms with Crippen molar-refractivity contribution in [1.29, 1.82) is 0 Å². The van der Waals surface area contributed by atoms with E-state index in [-0.39, 0.29) is 10.9 Å². The molecule has 0 saturated heterocycles. The van der Waals surface area contributed by atoms with Gasteiger partial charge in [0.2, 0.25) is 0 Å². The van der Waals surface area contributed by atoms with Crippen molar-refractivity contribution in [2.75, 3.05) is 17.3 Å². The molecule has 0 spiro atoms. The molecule has 1 aromatic heterocycles. The Hall–Kier alpha value is -1.60. The second kappa shape index (κ2) is 5.41. The number of thiazole rings is 1. The second-order valence-corrected chi connectivity index (χ2v) is 7.98. The third kappa shape index (κ3) is 3.29. The van der Waals surface area contributed by atoms with Crippen molar-refractivity contribution in [3.05, 3.63) is 34.3 Å². The van der Waals surface area contributed by atoms with Gasteiger partial charge in [0.1, 0.15) is 5.01 Å². The Kier molecular flexibility index (Phi) is 4.01. The number of aryl methyl sites for hydroxylation is 1. The maximum absolute atomic E-state index is 11.5. The van der Waals surface area contributed by atoms with Gasteiger partial charge < -0.3 is 11.1 Å². The maximum Gasteiger partial charge on any atom is 0.175 e. The van der Waals surface area contributed by atoms with E-state index in [1.165, 1.54) is 6.07 Å². The third-order valence-electron chi connectivity index (χ3n) is 2.83. The van der Waals surface area contributed by atoms with E-state index in [4.69, 9.17) is 5.73 Å². The minimum Gasteiger partial charge on any atom is -0.397 e. The predicted octanol–water partition coefficient (Wildman–Crippen LogP) is 2.61. The highest BCUT2D eigenvalue weighted by Gasteiger charge is 2.13. The highest BCUT2D eigenvalue weighted by molar-refractivity contribution is 7.90. The molecule has 0 amide bonds. The number of hydrogen-bond acceptors (Lipinski definition) is 6. The van der Waals surface area contributed by atoms with Crippen LogP contribution in [-0.4, -0.2) is 19.7 Å². The fraction of sp³-hybridized carbons (Fsp3) is 0.308. The first kappa shape index (κ1) is 14.8. The lowest BCUT2D eigenvalue weighted by molar-refractivity contribution is 0.602. The lowest BCUT2D eigenvalue weighted by atomic mass is 10.2. The molecule has 20 heavy (non-hydrogen) atoms. The molecule has 2 aromatic rings. The molecular formula is C13H17N3O2S2. The summed E-state index contributed by atoms with van der Waals surface area (Å²) in [5, 5.41) is 4.21. The standard InChI is InChI=1S/C13H17N3O2S2/c1-8-7-15-13(19-8)9(2)16-12-5-4-10(6-11(12)14)20(3,17)18/h4-7,9,16H,14H2,1-3H3. The van der Waals surface area contributed by atoms with Crippen LogP contribution in [0.25, 0.3) is 0 Å². The highest BCUT2D eigenvalue weighted by Crippen LogP contribution is 2.28. The van der Waals surface area contributed by atoms with E-state index in [1.54, 1.807) is 23.5 Å². The average Bonchev–Trinajstić information content (AvgIpc) is 2.77. The van der Waals surface area contributed by atoms with Gasteiger partial charge in [0, 0.05) is 17.3 Å². The minimum atomic E-state index is -3.24. The number of benzene rings is 1. The SMILES string of the molecule is Cc1cnc(C(C)Nc2ccc(S(C)(=O)=O)cc2N)s1. The molecule has 1 atom stereocenters. The van der Waals surface area contributed by atoms with Gasteiger partial charge in [-0.25, -0.2) is 13.4 Å². The van der Waals surface area contributed by atoms with Crippen LogP contribution in [0, 0.1) is 6.92 Å². The molecule has 0 saturated carbocycles. The number of nitrogens with zero attached hydrogens (tertiary/aromatic N) is 1. The minimum absolute atomic E-state index is 0.0140. The van der Waals surface area contributed by atoms with E-state index in [0.717, 1.165) is 16.1 Å². The van der Waals surface area contributed by atoms with Crippen molar-refractivity contribution >= 4 is 32.5 Å². The summed E-state index contributed by atoms with van der Waals surface area (Å²) in [7, 11) is -3.24. The number of rotatable bonds is 4. The number of sulfone groups is 1. The summed E-state index contributed by atoms with van der Waals surface area (Å²) in [6.07, 6.45) is 2.99. The zero-order valence-electron chi connectivity index (χ0n) is 11.5. The molecule has 0 aliphatic carbocycles. The molecule has 7 heteroatoms. The molecule has 2 rings (SSSR count). The molecule has 1 heterocycles.